The molecule has 0 aliphatic heterocycles. The van der Waals surface area contributed by atoms with Crippen LogP contribution < -0.4 is 5.32 Å². The molecule has 0 saturated heterocycles. The quantitative estimate of drug-likeness (QED) is 0.264. The lowest BCUT2D eigenvalue weighted by Gasteiger charge is -2.17. The van der Waals surface area contributed by atoms with Gasteiger partial charge in [-0.1, -0.05) is 49.0 Å². The average Bonchev–Trinajstić information content (AvgIpc) is 3.20. The van der Waals surface area contributed by atoms with E-state index in [0.29, 0.717) is 6.42 Å². The number of nitrogens with zero attached hydrogens (tertiary/aromatic N) is 2. The Labute approximate surface area is 188 Å². The van der Waals surface area contributed by atoms with Gasteiger partial charge in [0.1, 0.15) is 22.0 Å². The summed E-state index contributed by atoms with van der Waals surface area (Å²) in [7, 11) is 0. The number of rotatable bonds is 6. The number of thiophene rings is 1. The van der Waals surface area contributed by atoms with E-state index in [0.717, 1.165) is 43.2 Å². The van der Waals surface area contributed by atoms with Gasteiger partial charge < -0.3 is 5.32 Å². The number of carbonyl (C=O) groups excluding carboxylic acids is 1. The molecule has 0 aliphatic carbocycles. The van der Waals surface area contributed by atoms with E-state index >= 15 is 0 Å². The molecule has 0 radical (unpaired) electrons. The maximum atomic E-state index is 13.4. The molecule has 4 nitrogen and oxygen atoms in total. The molecule has 2 heterocycles. The van der Waals surface area contributed by atoms with Gasteiger partial charge >= 0.3 is 0 Å². The number of thioether (sulfide) groups is 1. The highest BCUT2D eigenvalue weighted by molar-refractivity contribution is 8.00. The van der Waals surface area contributed by atoms with Gasteiger partial charge in [0.05, 0.1) is 10.6 Å². The Bertz CT molecular complexity index is 1220. The highest BCUT2D eigenvalue weighted by Gasteiger charge is 2.23. The molecule has 7 heteroatoms. The van der Waals surface area contributed by atoms with Gasteiger partial charge in [-0.05, 0) is 49.1 Å². The Kier molecular flexibility index (Phi) is 6.34. The highest BCUT2D eigenvalue weighted by atomic mass is 32.2. The number of para-hydroxylation sites is 1. The molecule has 0 saturated carbocycles. The molecule has 0 spiro atoms. The van der Waals surface area contributed by atoms with Crippen molar-refractivity contribution in [2.45, 2.75) is 37.5 Å². The van der Waals surface area contributed by atoms with Crippen molar-refractivity contribution < 1.29 is 9.18 Å². The zero-order chi connectivity index (χ0) is 22.0. The molecule has 31 heavy (non-hydrogen) atoms. The average molecular weight is 452 g/mol. The van der Waals surface area contributed by atoms with Crippen molar-refractivity contribution in [1.82, 2.24) is 9.97 Å². The van der Waals surface area contributed by atoms with E-state index in [1.54, 1.807) is 12.1 Å². The molecule has 0 bridgehead atoms. The van der Waals surface area contributed by atoms with Crippen LogP contribution in [0.15, 0.2) is 59.2 Å². The van der Waals surface area contributed by atoms with Gasteiger partial charge in [-0.2, -0.15) is 0 Å². The van der Waals surface area contributed by atoms with E-state index in [4.69, 9.17) is 0 Å². The van der Waals surface area contributed by atoms with Crippen LogP contribution in [0.4, 0.5) is 10.1 Å². The summed E-state index contributed by atoms with van der Waals surface area (Å²) in [6, 6.07) is 12.4. The number of carbonyl (C=O) groups is 1. The molecule has 158 valence electrons. The molecule has 4 aromatic rings. The molecule has 4 rings (SSSR count). The summed E-state index contributed by atoms with van der Waals surface area (Å²) in [5.74, 6) is -0.321. The fourth-order valence-electron chi connectivity index (χ4n) is 3.45. The van der Waals surface area contributed by atoms with E-state index in [1.165, 1.54) is 41.6 Å². The standard InChI is InChI=1S/C24H22FN3OS2/c1-4-19(22(29)28-21-14(2)6-5-7-15(21)3)31-24-20-18(12-30-23(20)26-13-27-24)16-8-10-17(25)11-9-16/h5-13,19H,4H2,1-3H3,(H,28,29). The monoisotopic (exact) mass is 451 g/mol. The van der Waals surface area contributed by atoms with Crippen LogP contribution in [0.5, 0.6) is 0 Å². The molecule has 1 amide bonds. The van der Waals surface area contributed by atoms with Gasteiger partial charge in [-0.3, -0.25) is 4.79 Å². The second-order valence-electron chi connectivity index (χ2n) is 7.29. The number of aryl methyl sites for hydroxylation is 2. The number of hydrogen-bond donors (Lipinski definition) is 1. The van der Waals surface area contributed by atoms with Gasteiger partial charge in [-0.15, -0.1) is 11.3 Å². The van der Waals surface area contributed by atoms with Crippen LogP contribution in [0.1, 0.15) is 24.5 Å². The topological polar surface area (TPSA) is 54.9 Å². The number of hydrogen-bond acceptors (Lipinski definition) is 5. The van der Waals surface area contributed by atoms with Crippen LogP contribution in [-0.2, 0) is 4.79 Å². The van der Waals surface area contributed by atoms with Crippen LogP contribution in [-0.4, -0.2) is 21.1 Å². The summed E-state index contributed by atoms with van der Waals surface area (Å²) < 4.78 is 13.4. The SMILES string of the molecule is CCC(Sc1ncnc2scc(-c3ccc(F)cc3)c12)C(=O)Nc1c(C)cccc1C. The van der Waals surface area contributed by atoms with Crippen LogP contribution in [0.3, 0.4) is 0 Å². The lowest BCUT2D eigenvalue weighted by Crippen LogP contribution is -2.25. The summed E-state index contributed by atoms with van der Waals surface area (Å²) in [5, 5.41) is 6.47. The first-order valence-electron chi connectivity index (χ1n) is 9.99. The van der Waals surface area contributed by atoms with E-state index in [-0.39, 0.29) is 17.0 Å². The first-order chi connectivity index (χ1) is 15.0. The summed E-state index contributed by atoms with van der Waals surface area (Å²) in [5.41, 5.74) is 4.79. The summed E-state index contributed by atoms with van der Waals surface area (Å²) >= 11 is 2.96. The minimum atomic E-state index is -0.307. The number of fused-ring (bicyclic) bond motifs is 1. The van der Waals surface area contributed by atoms with E-state index in [9.17, 15) is 9.18 Å². The third kappa shape index (κ3) is 4.48. The maximum Gasteiger partial charge on any atom is 0.237 e. The first-order valence-corrected chi connectivity index (χ1v) is 11.8. The van der Waals surface area contributed by atoms with Gasteiger partial charge in [0.25, 0.3) is 0 Å². The largest absolute Gasteiger partial charge is 0.325 e. The van der Waals surface area contributed by atoms with Gasteiger partial charge in [-0.25, -0.2) is 14.4 Å². The van der Waals surface area contributed by atoms with Crippen molar-refractivity contribution in [2.75, 3.05) is 5.32 Å². The normalized spacial score (nSPS) is 12.1. The van der Waals surface area contributed by atoms with Crippen LogP contribution in [0.25, 0.3) is 21.3 Å². The molecule has 0 fully saturated rings. The van der Waals surface area contributed by atoms with E-state index in [1.807, 2.05) is 44.4 Å². The first kappa shape index (κ1) is 21.5. The van der Waals surface area contributed by atoms with Crippen LogP contribution in [0, 0.1) is 19.7 Å². The minimum Gasteiger partial charge on any atom is -0.325 e. The van der Waals surface area contributed by atoms with E-state index < -0.39 is 0 Å². The van der Waals surface area contributed by atoms with Crippen molar-refractivity contribution in [3.63, 3.8) is 0 Å². The predicted molar refractivity (Wildman–Crippen MR) is 127 cm³/mol. The van der Waals surface area contributed by atoms with Crippen LogP contribution in [0.2, 0.25) is 0 Å². The van der Waals surface area contributed by atoms with Crippen molar-refractivity contribution in [2.24, 2.45) is 0 Å². The third-order valence-corrected chi connectivity index (χ3v) is 7.39. The van der Waals surface area contributed by atoms with Crippen molar-refractivity contribution in [3.8, 4) is 11.1 Å². The predicted octanol–water partition coefficient (Wildman–Crippen LogP) is 6.62. The molecule has 1 unspecified atom stereocenters. The maximum absolute atomic E-state index is 13.4. The fraction of sp³-hybridized carbons (Fsp3) is 0.208. The highest BCUT2D eigenvalue weighted by Crippen LogP contribution is 2.39. The zero-order valence-corrected chi connectivity index (χ0v) is 19.1. The molecule has 0 aliphatic rings. The molecule has 1 atom stereocenters. The zero-order valence-electron chi connectivity index (χ0n) is 17.5. The Morgan fingerprint density at radius 1 is 1.13 bits per heavy atom. The Morgan fingerprint density at radius 3 is 2.52 bits per heavy atom. The van der Waals surface area contributed by atoms with Crippen molar-refractivity contribution in [1.29, 1.82) is 0 Å². The Balaban J connectivity index is 1.66. The number of nitrogens with one attached hydrogen (secondary N) is 1. The molecular weight excluding hydrogens is 429 g/mol. The number of amides is 1. The Morgan fingerprint density at radius 2 is 1.84 bits per heavy atom. The third-order valence-electron chi connectivity index (χ3n) is 5.14. The molecular formula is C24H22FN3OS2. The Hall–Kier alpha value is -2.77. The fourth-order valence-corrected chi connectivity index (χ4v) is 5.47. The minimum absolute atomic E-state index is 0.0461. The second kappa shape index (κ2) is 9.16. The second-order valence-corrected chi connectivity index (χ2v) is 9.34. The number of halogens is 1. The smallest absolute Gasteiger partial charge is 0.237 e. The van der Waals surface area contributed by atoms with Gasteiger partial charge in [0, 0.05) is 16.6 Å². The lowest BCUT2D eigenvalue weighted by atomic mass is 10.1. The summed E-state index contributed by atoms with van der Waals surface area (Å²) in [6.07, 6.45) is 2.19. The summed E-state index contributed by atoms with van der Waals surface area (Å²) in [6.45, 7) is 5.98. The number of anilines is 1. The molecule has 2 aromatic carbocycles. The van der Waals surface area contributed by atoms with Gasteiger partial charge in [0.2, 0.25) is 5.91 Å². The summed E-state index contributed by atoms with van der Waals surface area (Å²) in [4.78, 5) is 22.8. The van der Waals surface area contributed by atoms with Crippen molar-refractivity contribution >= 4 is 44.9 Å². The number of aromatic nitrogens is 2. The van der Waals surface area contributed by atoms with Crippen LogP contribution >= 0.6 is 23.1 Å². The molecule has 2 aromatic heterocycles. The van der Waals surface area contributed by atoms with Crippen molar-refractivity contribution in [3.05, 3.63) is 71.1 Å². The van der Waals surface area contributed by atoms with E-state index in [2.05, 4.69) is 15.3 Å². The van der Waals surface area contributed by atoms with Gasteiger partial charge in [0.15, 0.2) is 0 Å². The lowest BCUT2D eigenvalue weighted by molar-refractivity contribution is -0.115. The number of benzene rings is 2. The molecule has 1 N–H and O–H groups in total.